The van der Waals surface area contributed by atoms with E-state index in [9.17, 15) is 14.0 Å². The Balaban J connectivity index is 1.49. The van der Waals surface area contributed by atoms with Gasteiger partial charge in [0.1, 0.15) is 6.04 Å². The van der Waals surface area contributed by atoms with Gasteiger partial charge in [-0.3, -0.25) is 14.6 Å². The monoisotopic (exact) mass is 488 g/mol. The van der Waals surface area contributed by atoms with Gasteiger partial charge in [-0.15, -0.1) is 0 Å². The molecule has 7 heteroatoms. The molecule has 188 valence electrons. The Morgan fingerprint density at radius 2 is 1.81 bits per heavy atom. The van der Waals surface area contributed by atoms with Crippen molar-refractivity contribution < 1.29 is 14.0 Å². The lowest BCUT2D eigenvalue weighted by Gasteiger charge is -2.30. The molecule has 3 N–H and O–H groups in total. The van der Waals surface area contributed by atoms with Crippen LogP contribution in [0.25, 0.3) is 0 Å². The fraction of sp³-hybridized carbons (Fsp3) is 0.345. The van der Waals surface area contributed by atoms with Gasteiger partial charge in [-0.2, -0.15) is 0 Å². The summed E-state index contributed by atoms with van der Waals surface area (Å²) in [6.45, 7) is 3.92. The fourth-order valence-corrected chi connectivity index (χ4v) is 4.74. The SMILES string of the molecule is CC(C)(NC(=O)[C@H](CC1CCCC1)NC(=O)c1cccc(Nc2ccncc2F)c1)c1ccccc1. The van der Waals surface area contributed by atoms with Crippen molar-refractivity contribution in [2.75, 3.05) is 5.32 Å². The van der Waals surface area contributed by atoms with Crippen LogP contribution < -0.4 is 16.0 Å². The molecule has 6 nitrogen and oxygen atoms in total. The molecule has 36 heavy (non-hydrogen) atoms. The lowest BCUT2D eigenvalue weighted by Crippen LogP contribution is -2.52. The van der Waals surface area contributed by atoms with Crippen LogP contribution in [0.4, 0.5) is 15.8 Å². The zero-order chi connectivity index (χ0) is 25.5. The van der Waals surface area contributed by atoms with E-state index in [1.807, 2.05) is 44.2 Å². The van der Waals surface area contributed by atoms with Gasteiger partial charge in [0.05, 0.1) is 17.4 Å². The van der Waals surface area contributed by atoms with Crippen molar-refractivity contribution in [3.8, 4) is 0 Å². The second-order valence-electron chi connectivity index (χ2n) is 9.95. The summed E-state index contributed by atoms with van der Waals surface area (Å²) >= 11 is 0. The molecular weight excluding hydrogens is 455 g/mol. The summed E-state index contributed by atoms with van der Waals surface area (Å²) in [6.07, 6.45) is 7.66. The van der Waals surface area contributed by atoms with E-state index in [1.165, 1.54) is 12.3 Å². The molecule has 1 fully saturated rings. The number of rotatable bonds is 9. The summed E-state index contributed by atoms with van der Waals surface area (Å²) in [4.78, 5) is 30.4. The van der Waals surface area contributed by atoms with Crippen molar-refractivity contribution in [1.29, 1.82) is 0 Å². The maximum atomic E-state index is 14.0. The van der Waals surface area contributed by atoms with Gasteiger partial charge in [0.15, 0.2) is 5.82 Å². The van der Waals surface area contributed by atoms with Crippen LogP contribution in [-0.4, -0.2) is 22.8 Å². The molecule has 1 atom stereocenters. The predicted molar refractivity (Wildman–Crippen MR) is 139 cm³/mol. The zero-order valence-electron chi connectivity index (χ0n) is 20.8. The van der Waals surface area contributed by atoms with Crippen LogP contribution in [0.15, 0.2) is 73.1 Å². The molecule has 1 heterocycles. The van der Waals surface area contributed by atoms with E-state index in [4.69, 9.17) is 0 Å². The number of carbonyl (C=O) groups is 2. The van der Waals surface area contributed by atoms with E-state index in [1.54, 1.807) is 24.3 Å². The van der Waals surface area contributed by atoms with Crippen LogP contribution in [-0.2, 0) is 10.3 Å². The molecule has 2 aromatic carbocycles. The Morgan fingerprint density at radius 3 is 2.53 bits per heavy atom. The molecule has 0 unspecified atom stereocenters. The van der Waals surface area contributed by atoms with Crippen LogP contribution in [0, 0.1) is 11.7 Å². The summed E-state index contributed by atoms with van der Waals surface area (Å²) in [7, 11) is 0. The van der Waals surface area contributed by atoms with E-state index in [0.29, 0.717) is 23.6 Å². The van der Waals surface area contributed by atoms with Crippen molar-refractivity contribution in [1.82, 2.24) is 15.6 Å². The first-order valence-corrected chi connectivity index (χ1v) is 12.5. The number of amides is 2. The van der Waals surface area contributed by atoms with Crippen molar-refractivity contribution >= 4 is 23.2 Å². The second kappa shape index (κ2) is 11.3. The minimum atomic E-state index is -0.655. The van der Waals surface area contributed by atoms with Gasteiger partial charge < -0.3 is 16.0 Å². The number of nitrogens with zero attached hydrogens (tertiary/aromatic N) is 1. The van der Waals surface area contributed by atoms with Crippen molar-refractivity contribution in [3.05, 3.63) is 90.0 Å². The number of hydrogen-bond acceptors (Lipinski definition) is 4. The Hall–Kier alpha value is -3.74. The van der Waals surface area contributed by atoms with E-state index < -0.39 is 17.4 Å². The van der Waals surface area contributed by atoms with Gasteiger partial charge in [-0.1, -0.05) is 62.1 Å². The summed E-state index contributed by atoms with van der Waals surface area (Å²) in [5.74, 6) is -0.619. The third-order valence-electron chi connectivity index (χ3n) is 6.77. The molecule has 0 saturated heterocycles. The summed E-state index contributed by atoms with van der Waals surface area (Å²) < 4.78 is 14.0. The Labute approximate surface area is 211 Å². The van der Waals surface area contributed by atoms with Gasteiger partial charge in [0, 0.05) is 17.4 Å². The first-order chi connectivity index (χ1) is 17.3. The molecule has 1 aliphatic carbocycles. The second-order valence-corrected chi connectivity index (χ2v) is 9.95. The highest BCUT2D eigenvalue weighted by Crippen LogP contribution is 2.29. The van der Waals surface area contributed by atoms with Crippen molar-refractivity contribution in [2.45, 2.75) is 57.5 Å². The smallest absolute Gasteiger partial charge is 0.252 e. The van der Waals surface area contributed by atoms with E-state index in [0.717, 1.165) is 37.4 Å². The number of aromatic nitrogens is 1. The van der Waals surface area contributed by atoms with Crippen LogP contribution in [0.3, 0.4) is 0 Å². The van der Waals surface area contributed by atoms with Crippen LogP contribution in [0.5, 0.6) is 0 Å². The fourth-order valence-electron chi connectivity index (χ4n) is 4.74. The third kappa shape index (κ3) is 6.47. The third-order valence-corrected chi connectivity index (χ3v) is 6.77. The van der Waals surface area contributed by atoms with Crippen LogP contribution >= 0.6 is 0 Å². The molecule has 1 aliphatic rings. The Morgan fingerprint density at radius 1 is 1.06 bits per heavy atom. The predicted octanol–water partition coefficient (Wildman–Crippen LogP) is 5.69. The minimum Gasteiger partial charge on any atom is -0.353 e. The highest BCUT2D eigenvalue weighted by molar-refractivity contribution is 5.98. The highest BCUT2D eigenvalue weighted by Gasteiger charge is 2.31. The van der Waals surface area contributed by atoms with Gasteiger partial charge in [0.2, 0.25) is 5.91 Å². The Kier molecular flexibility index (Phi) is 7.98. The van der Waals surface area contributed by atoms with Gasteiger partial charge in [-0.25, -0.2) is 4.39 Å². The maximum Gasteiger partial charge on any atom is 0.252 e. The van der Waals surface area contributed by atoms with Crippen LogP contribution in [0.1, 0.15) is 61.9 Å². The van der Waals surface area contributed by atoms with Gasteiger partial charge >= 0.3 is 0 Å². The summed E-state index contributed by atoms with van der Waals surface area (Å²) in [6, 6.07) is 17.5. The van der Waals surface area contributed by atoms with Gasteiger partial charge in [0.25, 0.3) is 5.91 Å². The molecular formula is C29H33FN4O2. The lowest BCUT2D eigenvalue weighted by molar-refractivity contribution is -0.125. The Bertz CT molecular complexity index is 1190. The molecule has 0 aliphatic heterocycles. The molecule has 2 amide bonds. The summed E-state index contributed by atoms with van der Waals surface area (Å²) in [5, 5.41) is 9.09. The minimum absolute atomic E-state index is 0.197. The van der Waals surface area contributed by atoms with Gasteiger partial charge in [-0.05, 0) is 56.0 Å². The maximum absolute atomic E-state index is 14.0. The lowest BCUT2D eigenvalue weighted by atomic mass is 9.92. The number of nitrogens with one attached hydrogen (secondary N) is 3. The van der Waals surface area contributed by atoms with E-state index in [2.05, 4.69) is 20.9 Å². The number of carbonyl (C=O) groups excluding carboxylic acids is 2. The van der Waals surface area contributed by atoms with E-state index in [-0.39, 0.29) is 17.5 Å². The molecule has 3 aromatic rings. The molecule has 0 spiro atoms. The highest BCUT2D eigenvalue weighted by atomic mass is 19.1. The molecule has 0 bridgehead atoms. The number of halogens is 1. The summed E-state index contributed by atoms with van der Waals surface area (Å²) in [5.41, 5.74) is 1.63. The topological polar surface area (TPSA) is 83.1 Å². The number of hydrogen-bond donors (Lipinski definition) is 3. The van der Waals surface area contributed by atoms with Crippen LogP contribution in [0.2, 0.25) is 0 Å². The molecule has 1 saturated carbocycles. The zero-order valence-corrected chi connectivity index (χ0v) is 20.8. The molecule has 1 aromatic heterocycles. The van der Waals surface area contributed by atoms with Crippen molar-refractivity contribution in [2.24, 2.45) is 5.92 Å². The largest absolute Gasteiger partial charge is 0.353 e. The first-order valence-electron chi connectivity index (χ1n) is 12.5. The number of pyridine rings is 1. The normalized spacial score (nSPS) is 14.8. The quantitative estimate of drug-likeness (QED) is 0.361. The van der Waals surface area contributed by atoms with E-state index >= 15 is 0 Å². The molecule has 4 rings (SSSR count). The average molecular weight is 489 g/mol. The standard InChI is InChI=1S/C29H33FN4O2/c1-29(2,22-12-4-3-5-13-22)34-28(36)26(17-20-9-6-7-10-20)33-27(35)21-11-8-14-23(18-21)32-25-15-16-31-19-24(25)30/h3-5,8,11-16,18-20,26H,6-7,9-10,17H2,1-2H3,(H,31,32)(H,33,35)(H,34,36)/t26-/m0/s1. The average Bonchev–Trinajstić information content (AvgIpc) is 3.39. The number of benzene rings is 2. The van der Waals surface area contributed by atoms with Crippen molar-refractivity contribution in [3.63, 3.8) is 0 Å². The molecule has 0 radical (unpaired) electrons. The first kappa shape index (κ1) is 25.4. The number of anilines is 2.